The second kappa shape index (κ2) is 6.73. The molecule has 1 aromatic carbocycles. The number of benzene rings is 1. The maximum absolute atomic E-state index is 12.9. The molecule has 1 aliphatic rings. The highest BCUT2D eigenvalue weighted by atomic mass is 32.2. The van der Waals surface area contributed by atoms with Gasteiger partial charge in [0.2, 0.25) is 0 Å². The number of amidine groups is 1. The van der Waals surface area contributed by atoms with E-state index < -0.39 is 5.82 Å². The lowest BCUT2D eigenvalue weighted by atomic mass is 9.88. The van der Waals surface area contributed by atoms with Crippen molar-refractivity contribution in [2.45, 2.75) is 25.3 Å². The lowest BCUT2D eigenvalue weighted by molar-refractivity contribution is 0.0988. The van der Waals surface area contributed by atoms with Crippen LogP contribution in [0.3, 0.4) is 0 Å². The van der Waals surface area contributed by atoms with E-state index >= 15 is 0 Å². The number of pyridine rings is 1. The fourth-order valence-electron chi connectivity index (χ4n) is 2.73. The van der Waals surface area contributed by atoms with Crippen LogP contribution in [-0.4, -0.2) is 21.7 Å². The number of hydrogen-bond acceptors (Lipinski definition) is 5. The van der Waals surface area contributed by atoms with Crippen LogP contribution in [0.4, 0.5) is 4.39 Å². The Morgan fingerprint density at radius 3 is 2.92 bits per heavy atom. The third-order valence-electron chi connectivity index (χ3n) is 4.12. The quantitative estimate of drug-likeness (QED) is 0.865. The summed E-state index contributed by atoms with van der Waals surface area (Å²) < 4.78 is 12.9. The van der Waals surface area contributed by atoms with Crippen molar-refractivity contribution in [1.82, 2.24) is 4.98 Å². The molecule has 3 rings (SSSR count). The fraction of sp³-hybridized carbons (Fsp3) is 0.278. The number of Topliss-reactive ketones (excluding diaryl/α,β-unsaturated/α-hetero) is 1. The molecular formula is C18H18FN3OS. The van der Waals surface area contributed by atoms with Gasteiger partial charge in [-0.2, -0.15) is 0 Å². The summed E-state index contributed by atoms with van der Waals surface area (Å²) in [6, 6.07) is 10.5. The number of rotatable bonds is 4. The summed E-state index contributed by atoms with van der Waals surface area (Å²) in [5.41, 5.74) is 7.71. The molecule has 0 fully saturated rings. The number of aliphatic imine (C=N–C) groups is 1. The monoisotopic (exact) mass is 343 g/mol. The Bertz CT molecular complexity index is 791. The predicted molar refractivity (Wildman–Crippen MR) is 94.7 cm³/mol. The van der Waals surface area contributed by atoms with Crippen molar-refractivity contribution in [3.05, 3.63) is 65.2 Å². The number of ketones is 1. The lowest BCUT2D eigenvalue weighted by Crippen LogP contribution is -2.28. The number of halogens is 1. The smallest absolute Gasteiger partial charge is 0.185 e. The van der Waals surface area contributed by atoms with Crippen LogP contribution in [0.1, 0.15) is 35.0 Å². The minimum Gasteiger partial charge on any atom is -0.379 e. The van der Waals surface area contributed by atoms with E-state index in [2.05, 4.69) is 16.9 Å². The van der Waals surface area contributed by atoms with E-state index in [4.69, 9.17) is 5.73 Å². The zero-order valence-corrected chi connectivity index (χ0v) is 14.1. The highest BCUT2D eigenvalue weighted by Crippen LogP contribution is 2.35. The first-order valence-electron chi connectivity index (χ1n) is 7.68. The summed E-state index contributed by atoms with van der Waals surface area (Å²) in [7, 11) is 0. The molecule has 24 heavy (non-hydrogen) atoms. The summed E-state index contributed by atoms with van der Waals surface area (Å²) in [4.78, 5) is 20.7. The van der Waals surface area contributed by atoms with Crippen LogP contribution >= 0.6 is 11.8 Å². The number of hydrogen-bond donors (Lipinski definition) is 1. The van der Waals surface area contributed by atoms with Crippen LogP contribution in [0.2, 0.25) is 0 Å². The molecule has 0 radical (unpaired) electrons. The van der Waals surface area contributed by atoms with Crippen molar-refractivity contribution in [3.8, 4) is 0 Å². The molecule has 0 saturated carbocycles. The molecule has 2 heterocycles. The molecule has 4 nitrogen and oxygen atoms in total. The summed E-state index contributed by atoms with van der Waals surface area (Å²) >= 11 is 1.56. The van der Waals surface area contributed by atoms with Gasteiger partial charge in [-0.15, -0.1) is 0 Å². The highest BCUT2D eigenvalue weighted by Gasteiger charge is 2.29. The molecule has 2 N–H and O–H groups in total. The topological polar surface area (TPSA) is 68.3 Å². The SMILES string of the molecule is CC1(c2cccc(CC(=O)c3ccc(F)cn3)c2)CCSC(N)=N1. The Kier molecular flexibility index (Phi) is 4.66. The summed E-state index contributed by atoms with van der Waals surface area (Å²) in [6.45, 7) is 2.06. The summed E-state index contributed by atoms with van der Waals surface area (Å²) in [5, 5.41) is 0.598. The molecule has 124 valence electrons. The molecule has 0 bridgehead atoms. The minimum atomic E-state index is -0.452. The Labute approximate surface area is 144 Å². The van der Waals surface area contributed by atoms with E-state index in [-0.39, 0.29) is 23.4 Å². The first-order chi connectivity index (χ1) is 11.5. The Morgan fingerprint density at radius 1 is 1.38 bits per heavy atom. The standard InChI is InChI=1S/C18H18FN3OS/c1-18(7-8-24-17(20)22-18)13-4-2-3-12(9-13)10-16(23)15-6-5-14(19)11-21-15/h2-6,9,11H,7-8,10H2,1H3,(H2,20,22). The Balaban J connectivity index is 1.82. The van der Waals surface area contributed by atoms with Gasteiger partial charge in [0.1, 0.15) is 11.5 Å². The number of nitrogens with zero attached hydrogens (tertiary/aromatic N) is 2. The van der Waals surface area contributed by atoms with E-state index in [1.807, 2.05) is 24.3 Å². The fourth-order valence-corrected chi connectivity index (χ4v) is 3.70. The van der Waals surface area contributed by atoms with E-state index in [1.165, 1.54) is 12.1 Å². The van der Waals surface area contributed by atoms with Gasteiger partial charge in [0.25, 0.3) is 0 Å². The van der Waals surface area contributed by atoms with Crippen molar-refractivity contribution in [3.63, 3.8) is 0 Å². The van der Waals surface area contributed by atoms with Gasteiger partial charge in [-0.25, -0.2) is 4.39 Å². The molecule has 1 unspecified atom stereocenters. The van der Waals surface area contributed by atoms with Gasteiger partial charge in [-0.3, -0.25) is 14.8 Å². The molecular weight excluding hydrogens is 325 g/mol. The molecule has 1 aliphatic heterocycles. The predicted octanol–water partition coefficient (Wildman–Crippen LogP) is 3.31. The van der Waals surface area contributed by atoms with E-state index in [1.54, 1.807) is 11.8 Å². The molecule has 0 spiro atoms. The molecule has 1 atom stereocenters. The Morgan fingerprint density at radius 2 is 2.21 bits per heavy atom. The molecule has 6 heteroatoms. The first kappa shape index (κ1) is 16.6. The van der Waals surface area contributed by atoms with Gasteiger partial charge in [0.15, 0.2) is 11.0 Å². The van der Waals surface area contributed by atoms with Crippen molar-refractivity contribution in [2.24, 2.45) is 10.7 Å². The summed E-state index contributed by atoms with van der Waals surface area (Å²) in [5.74, 6) is 0.334. The first-order valence-corrected chi connectivity index (χ1v) is 8.67. The maximum atomic E-state index is 12.9. The average molecular weight is 343 g/mol. The molecule has 0 aliphatic carbocycles. The van der Waals surface area contributed by atoms with Gasteiger partial charge in [-0.1, -0.05) is 36.0 Å². The maximum Gasteiger partial charge on any atom is 0.185 e. The van der Waals surface area contributed by atoms with Gasteiger partial charge in [-0.05, 0) is 36.6 Å². The molecule has 0 amide bonds. The van der Waals surface area contributed by atoms with Gasteiger partial charge >= 0.3 is 0 Å². The summed E-state index contributed by atoms with van der Waals surface area (Å²) in [6.07, 6.45) is 2.17. The number of carbonyl (C=O) groups excluding carboxylic acids is 1. The van der Waals surface area contributed by atoms with Crippen molar-refractivity contribution < 1.29 is 9.18 Å². The van der Waals surface area contributed by atoms with Crippen LogP contribution in [-0.2, 0) is 12.0 Å². The third kappa shape index (κ3) is 3.64. The number of aromatic nitrogens is 1. The number of thioether (sulfide) groups is 1. The molecule has 0 saturated heterocycles. The van der Waals surface area contributed by atoms with Crippen LogP contribution in [0, 0.1) is 5.82 Å². The van der Waals surface area contributed by atoms with E-state index in [9.17, 15) is 9.18 Å². The second-order valence-corrected chi connectivity index (χ2v) is 7.10. The zero-order valence-electron chi connectivity index (χ0n) is 13.3. The Hall–Kier alpha value is -2.21. The highest BCUT2D eigenvalue weighted by molar-refractivity contribution is 8.13. The van der Waals surface area contributed by atoms with Crippen molar-refractivity contribution >= 4 is 22.7 Å². The van der Waals surface area contributed by atoms with E-state index in [0.29, 0.717) is 5.17 Å². The number of nitrogens with two attached hydrogens (primary N) is 1. The van der Waals surface area contributed by atoms with Gasteiger partial charge in [0.05, 0.1) is 11.7 Å². The lowest BCUT2D eigenvalue weighted by Gasteiger charge is -2.30. The van der Waals surface area contributed by atoms with Crippen molar-refractivity contribution in [2.75, 3.05) is 5.75 Å². The molecule has 1 aromatic heterocycles. The number of carbonyl (C=O) groups is 1. The minimum absolute atomic E-state index is 0.139. The second-order valence-electron chi connectivity index (χ2n) is 5.98. The van der Waals surface area contributed by atoms with Crippen LogP contribution in [0.5, 0.6) is 0 Å². The van der Waals surface area contributed by atoms with Crippen LogP contribution < -0.4 is 5.73 Å². The third-order valence-corrected chi connectivity index (χ3v) is 4.92. The van der Waals surface area contributed by atoms with Gasteiger partial charge < -0.3 is 5.73 Å². The zero-order chi connectivity index (χ0) is 17.2. The average Bonchev–Trinajstić information content (AvgIpc) is 2.55. The van der Waals surface area contributed by atoms with Crippen LogP contribution in [0.15, 0.2) is 47.6 Å². The van der Waals surface area contributed by atoms with Crippen LogP contribution in [0.25, 0.3) is 0 Å². The normalized spacial score (nSPS) is 20.5. The van der Waals surface area contributed by atoms with Crippen molar-refractivity contribution in [1.29, 1.82) is 0 Å². The van der Waals surface area contributed by atoms with E-state index in [0.717, 1.165) is 29.5 Å². The largest absolute Gasteiger partial charge is 0.379 e. The van der Waals surface area contributed by atoms with Gasteiger partial charge in [0, 0.05) is 12.2 Å². The molecule has 2 aromatic rings.